The van der Waals surface area contributed by atoms with Crippen LogP contribution in [0.3, 0.4) is 0 Å². The van der Waals surface area contributed by atoms with Gasteiger partial charge in [0.25, 0.3) is 0 Å². The highest BCUT2D eigenvalue weighted by molar-refractivity contribution is 5.94. The first kappa shape index (κ1) is 9.58. The van der Waals surface area contributed by atoms with Gasteiger partial charge >= 0.3 is 5.97 Å². The first-order valence-electron chi connectivity index (χ1n) is 4.61. The van der Waals surface area contributed by atoms with Gasteiger partial charge in [0.1, 0.15) is 5.69 Å². The molecule has 4 nitrogen and oxygen atoms in total. The molecule has 0 spiro atoms. The topological polar surface area (TPSA) is 56.3 Å². The normalized spacial score (nSPS) is 10.5. The maximum absolute atomic E-state index is 10.7. The number of aromatic carboxylic acids is 1. The third-order valence-electron chi connectivity index (χ3n) is 2.35. The van der Waals surface area contributed by atoms with Crippen LogP contribution in [0.2, 0.25) is 0 Å². The molecule has 1 heterocycles. The molecule has 0 amide bonds. The van der Waals surface area contributed by atoms with Gasteiger partial charge in [-0.15, -0.1) is 0 Å². The molecule has 1 aromatic heterocycles. The van der Waals surface area contributed by atoms with Crippen LogP contribution in [0.4, 0.5) is 5.69 Å². The van der Waals surface area contributed by atoms with Crippen molar-refractivity contribution in [2.24, 2.45) is 0 Å². The number of aromatic nitrogens is 1. The number of hydrogen-bond donors (Lipinski definition) is 2. The molecule has 2 N–H and O–H groups in total. The molecule has 0 bridgehead atoms. The molecule has 0 saturated carbocycles. The molecular formula is C11H12N2O2. The number of hydrogen-bond acceptors (Lipinski definition) is 2. The van der Waals surface area contributed by atoms with Gasteiger partial charge < -0.3 is 15.0 Å². The minimum Gasteiger partial charge on any atom is -0.477 e. The lowest BCUT2D eigenvalue weighted by molar-refractivity contribution is 0.0691. The Kier molecular flexibility index (Phi) is 2.11. The Morgan fingerprint density at radius 2 is 2.07 bits per heavy atom. The summed E-state index contributed by atoms with van der Waals surface area (Å²) in [5.41, 5.74) is 2.11. The van der Waals surface area contributed by atoms with Gasteiger partial charge in [-0.05, 0) is 18.2 Å². The highest BCUT2D eigenvalue weighted by Gasteiger charge is 2.07. The van der Waals surface area contributed by atoms with Crippen LogP contribution in [0.15, 0.2) is 24.3 Å². The van der Waals surface area contributed by atoms with E-state index in [1.165, 1.54) is 0 Å². The Morgan fingerprint density at radius 3 is 2.67 bits per heavy atom. The summed E-state index contributed by atoms with van der Waals surface area (Å²) >= 11 is 0. The second-order valence-electron chi connectivity index (χ2n) is 3.65. The van der Waals surface area contributed by atoms with E-state index in [2.05, 4.69) is 4.98 Å². The van der Waals surface area contributed by atoms with Crippen LogP contribution in [0.25, 0.3) is 10.9 Å². The fourth-order valence-corrected chi connectivity index (χ4v) is 1.51. The quantitative estimate of drug-likeness (QED) is 0.785. The maximum Gasteiger partial charge on any atom is 0.352 e. The van der Waals surface area contributed by atoms with E-state index in [4.69, 9.17) is 5.11 Å². The van der Waals surface area contributed by atoms with Gasteiger partial charge in [-0.25, -0.2) is 4.79 Å². The van der Waals surface area contributed by atoms with Crippen molar-refractivity contribution in [3.8, 4) is 0 Å². The Morgan fingerprint density at radius 1 is 1.33 bits per heavy atom. The SMILES string of the molecule is CN(C)c1ccc2cc(C(=O)O)[nH]c2c1. The lowest BCUT2D eigenvalue weighted by Gasteiger charge is -2.11. The average molecular weight is 204 g/mol. The van der Waals surface area contributed by atoms with E-state index in [0.29, 0.717) is 0 Å². The predicted octanol–water partition coefficient (Wildman–Crippen LogP) is 1.93. The number of carboxylic acids is 1. The molecule has 2 aromatic rings. The molecule has 0 unspecified atom stereocenters. The number of nitrogens with one attached hydrogen (secondary N) is 1. The summed E-state index contributed by atoms with van der Waals surface area (Å²) in [6.07, 6.45) is 0. The highest BCUT2D eigenvalue weighted by atomic mass is 16.4. The minimum absolute atomic E-state index is 0.223. The molecule has 0 fully saturated rings. The first-order chi connectivity index (χ1) is 7.08. The van der Waals surface area contributed by atoms with Crippen LogP contribution < -0.4 is 4.90 Å². The van der Waals surface area contributed by atoms with Gasteiger partial charge in [0, 0.05) is 30.7 Å². The van der Waals surface area contributed by atoms with Gasteiger partial charge in [0.2, 0.25) is 0 Å². The van der Waals surface area contributed by atoms with E-state index in [1.54, 1.807) is 6.07 Å². The molecule has 78 valence electrons. The van der Waals surface area contributed by atoms with Crippen LogP contribution in [0, 0.1) is 0 Å². The van der Waals surface area contributed by atoms with E-state index < -0.39 is 5.97 Å². The summed E-state index contributed by atoms with van der Waals surface area (Å²) in [5.74, 6) is -0.933. The number of benzene rings is 1. The number of fused-ring (bicyclic) bond motifs is 1. The van der Waals surface area contributed by atoms with Crippen molar-refractivity contribution in [2.45, 2.75) is 0 Å². The molecule has 1 aromatic carbocycles. The fourth-order valence-electron chi connectivity index (χ4n) is 1.51. The average Bonchev–Trinajstić information content (AvgIpc) is 2.59. The number of carbonyl (C=O) groups is 1. The van der Waals surface area contributed by atoms with E-state index in [-0.39, 0.29) is 5.69 Å². The Balaban J connectivity index is 2.57. The fraction of sp³-hybridized carbons (Fsp3) is 0.182. The zero-order valence-corrected chi connectivity index (χ0v) is 8.61. The van der Waals surface area contributed by atoms with Crippen LogP contribution >= 0.6 is 0 Å². The number of carboxylic acid groups (broad SMARTS) is 1. The molecule has 0 aliphatic heterocycles. The Hall–Kier alpha value is -1.97. The van der Waals surface area contributed by atoms with Crippen LogP contribution in [-0.4, -0.2) is 30.2 Å². The number of nitrogens with zero attached hydrogens (tertiary/aromatic N) is 1. The van der Waals surface area contributed by atoms with E-state index in [0.717, 1.165) is 16.6 Å². The zero-order valence-electron chi connectivity index (χ0n) is 8.61. The third kappa shape index (κ3) is 1.66. The van der Waals surface area contributed by atoms with E-state index in [9.17, 15) is 4.79 Å². The van der Waals surface area contributed by atoms with Crippen molar-refractivity contribution in [3.63, 3.8) is 0 Å². The maximum atomic E-state index is 10.7. The largest absolute Gasteiger partial charge is 0.477 e. The highest BCUT2D eigenvalue weighted by Crippen LogP contribution is 2.21. The minimum atomic E-state index is -0.933. The molecule has 15 heavy (non-hydrogen) atoms. The van der Waals surface area contributed by atoms with Crippen molar-refractivity contribution in [3.05, 3.63) is 30.0 Å². The summed E-state index contributed by atoms with van der Waals surface area (Å²) in [6, 6.07) is 7.44. The molecule has 0 atom stereocenters. The van der Waals surface area contributed by atoms with Gasteiger partial charge in [-0.3, -0.25) is 0 Å². The summed E-state index contributed by atoms with van der Waals surface area (Å²) < 4.78 is 0. The second kappa shape index (κ2) is 3.31. The standard InChI is InChI=1S/C11H12N2O2/c1-13(2)8-4-3-7-5-10(11(14)15)12-9(7)6-8/h3-6,12H,1-2H3,(H,14,15). The van der Waals surface area contributed by atoms with Crippen molar-refractivity contribution in [2.75, 3.05) is 19.0 Å². The van der Waals surface area contributed by atoms with Crippen molar-refractivity contribution in [1.82, 2.24) is 4.98 Å². The van der Waals surface area contributed by atoms with Gasteiger partial charge in [0.05, 0.1) is 0 Å². The van der Waals surface area contributed by atoms with Gasteiger partial charge in [-0.1, -0.05) is 6.07 Å². The molecular weight excluding hydrogens is 192 g/mol. The molecule has 0 aliphatic carbocycles. The lowest BCUT2D eigenvalue weighted by atomic mass is 10.2. The Labute approximate surface area is 87.1 Å². The summed E-state index contributed by atoms with van der Waals surface area (Å²) in [6.45, 7) is 0. The first-order valence-corrected chi connectivity index (χ1v) is 4.61. The monoisotopic (exact) mass is 204 g/mol. The molecule has 2 rings (SSSR count). The smallest absolute Gasteiger partial charge is 0.352 e. The zero-order chi connectivity index (χ0) is 11.0. The number of anilines is 1. The molecule has 0 saturated heterocycles. The summed E-state index contributed by atoms with van der Waals surface area (Å²) in [5, 5.41) is 9.74. The van der Waals surface area contributed by atoms with Crippen molar-refractivity contribution < 1.29 is 9.90 Å². The van der Waals surface area contributed by atoms with Crippen LogP contribution in [-0.2, 0) is 0 Å². The Bertz CT molecular complexity index is 514. The molecule has 4 heteroatoms. The molecule has 0 radical (unpaired) electrons. The summed E-state index contributed by atoms with van der Waals surface area (Å²) in [7, 11) is 3.89. The van der Waals surface area contributed by atoms with Gasteiger partial charge in [-0.2, -0.15) is 0 Å². The van der Waals surface area contributed by atoms with Crippen LogP contribution in [0.5, 0.6) is 0 Å². The lowest BCUT2D eigenvalue weighted by Crippen LogP contribution is -2.07. The van der Waals surface area contributed by atoms with Crippen molar-refractivity contribution in [1.29, 1.82) is 0 Å². The number of H-pyrrole nitrogens is 1. The van der Waals surface area contributed by atoms with Crippen molar-refractivity contribution >= 4 is 22.6 Å². The summed E-state index contributed by atoms with van der Waals surface area (Å²) in [4.78, 5) is 15.6. The predicted molar refractivity (Wildman–Crippen MR) is 59.6 cm³/mol. The van der Waals surface area contributed by atoms with Gasteiger partial charge in [0.15, 0.2) is 0 Å². The number of aromatic amines is 1. The third-order valence-corrected chi connectivity index (χ3v) is 2.35. The molecule has 0 aliphatic rings. The van der Waals surface area contributed by atoms with Crippen LogP contribution in [0.1, 0.15) is 10.5 Å². The second-order valence-corrected chi connectivity index (χ2v) is 3.65. The van der Waals surface area contributed by atoms with E-state index in [1.807, 2.05) is 37.2 Å². The number of rotatable bonds is 2. The van der Waals surface area contributed by atoms with E-state index >= 15 is 0 Å².